The summed E-state index contributed by atoms with van der Waals surface area (Å²) >= 11 is 1.34. The van der Waals surface area contributed by atoms with Crippen molar-refractivity contribution in [2.45, 2.75) is 20.8 Å². The smallest absolute Gasteiger partial charge is 0.264 e. The van der Waals surface area contributed by atoms with Crippen molar-refractivity contribution in [3.63, 3.8) is 0 Å². The van der Waals surface area contributed by atoms with Gasteiger partial charge in [0.25, 0.3) is 5.91 Å². The number of H-pyrrole nitrogens is 1. The van der Waals surface area contributed by atoms with E-state index in [0.29, 0.717) is 10.1 Å². The van der Waals surface area contributed by atoms with Crippen LogP contribution in [-0.4, -0.2) is 21.3 Å². The molecule has 2 heterocycles. The fourth-order valence-corrected chi connectivity index (χ4v) is 3.02. The molecule has 1 aromatic heterocycles. The first-order valence-corrected chi connectivity index (χ1v) is 7.72. The fourth-order valence-electron chi connectivity index (χ4n) is 2.20. The third-order valence-electron chi connectivity index (χ3n) is 3.34. The number of hydrogen-bond acceptors (Lipinski definition) is 4. The van der Waals surface area contributed by atoms with Gasteiger partial charge in [0.05, 0.1) is 16.3 Å². The van der Waals surface area contributed by atoms with E-state index in [-0.39, 0.29) is 5.91 Å². The number of rotatable bonds is 2. The molecule has 0 bridgehead atoms. The number of aliphatic imine (C=N–C) groups is 1. The molecule has 1 fully saturated rings. The number of thioether (sulfide) groups is 1. The molecule has 5 nitrogen and oxygen atoms in total. The standard InChI is InChI=1S/C16H16N4OS/c1-9-5-4-6-12(7-9)17-16-18-15(21)14(22-16)8-13-10(2)19-20-11(13)3/h4-8H,1-3H3,(H,19,20)(H,17,18,21). The number of benzene rings is 1. The second kappa shape index (κ2) is 5.81. The average Bonchev–Trinajstić information content (AvgIpc) is 2.96. The molecular formula is C16H16N4OS. The largest absolute Gasteiger partial charge is 0.300 e. The molecule has 1 amide bonds. The maximum atomic E-state index is 12.1. The minimum atomic E-state index is -0.128. The summed E-state index contributed by atoms with van der Waals surface area (Å²) in [5.74, 6) is -0.128. The molecule has 2 N–H and O–H groups in total. The number of carbonyl (C=O) groups excluding carboxylic acids is 1. The van der Waals surface area contributed by atoms with Gasteiger partial charge in [-0.1, -0.05) is 12.1 Å². The first-order valence-electron chi connectivity index (χ1n) is 6.91. The summed E-state index contributed by atoms with van der Waals surface area (Å²) < 4.78 is 0. The molecule has 6 heteroatoms. The second-order valence-electron chi connectivity index (χ2n) is 5.17. The summed E-state index contributed by atoms with van der Waals surface area (Å²) in [5.41, 5.74) is 4.75. The summed E-state index contributed by atoms with van der Waals surface area (Å²) in [5, 5.41) is 10.5. The van der Waals surface area contributed by atoms with Crippen molar-refractivity contribution in [3.8, 4) is 0 Å². The lowest BCUT2D eigenvalue weighted by molar-refractivity contribution is -0.115. The number of aromatic nitrogens is 2. The Hall–Kier alpha value is -2.34. The summed E-state index contributed by atoms with van der Waals surface area (Å²) in [6, 6.07) is 7.86. The maximum absolute atomic E-state index is 12.1. The summed E-state index contributed by atoms with van der Waals surface area (Å²) in [6.45, 7) is 5.86. The van der Waals surface area contributed by atoms with Crippen LogP contribution in [0.15, 0.2) is 34.2 Å². The van der Waals surface area contributed by atoms with Gasteiger partial charge in [0.1, 0.15) is 0 Å². The monoisotopic (exact) mass is 312 g/mol. The minimum Gasteiger partial charge on any atom is -0.300 e. The van der Waals surface area contributed by atoms with Crippen molar-refractivity contribution in [2.24, 2.45) is 4.99 Å². The molecule has 1 aliphatic heterocycles. The van der Waals surface area contributed by atoms with Gasteiger partial charge in [0.15, 0.2) is 5.17 Å². The highest BCUT2D eigenvalue weighted by Gasteiger charge is 2.24. The van der Waals surface area contributed by atoms with Crippen LogP contribution < -0.4 is 5.32 Å². The van der Waals surface area contributed by atoms with Crippen LogP contribution in [0.3, 0.4) is 0 Å². The highest BCUT2D eigenvalue weighted by molar-refractivity contribution is 8.18. The fraction of sp³-hybridized carbons (Fsp3) is 0.188. The van der Waals surface area contributed by atoms with Gasteiger partial charge in [-0.2, -0.15) is 5.10 Å². The lowest BCUT2D eigenvalue weighted by atomic mass is 10.2. The summed E-state index contributed by atoms with van der Waals surface area (Å²) in [6.07, 6.45) is 1.85. The molecule has 112 valence electrons. The highest BCUT2D eigenvalue weighted by atomic mass is 32.2. The Bertz CT molecular complexity index is 785. The Morgan fingerprint density at radius 2 is 2.09 bits per heavy atom. The lowest BCUT2D eigenvalue weighted by Gasteiger charge is -1.97. The number of carbonyl (C=O) groups is 1. The van der Waals surface area contributed by atoms with E-state index in [1.165, 1.54) is 11.8 Å². The third-order valence-corrected chi connectivity index (χ3v) is 4.25. The second-order valence-corrected chi connectivity index (χ2v) is 6.20. The van der Waals surface area contributed by atoms with Crippen LogP contribution in [0.2, 0.25) is 0 Å². The van der Waals surface area contributed by atoms with Crippen molar-refractivity contribution in [2.75, 3.05) is 0 Å². The van der Waals surface area contributed by atoms with Crippen LogP contribution in [0.5, 0.6) is 0 Å². The van der Waals surface area contributed by atoms with Crippen molar-refractivity contribution >= 4 is 34.6 Å². The van der Waals surface area contributed by atoms with Crippen molar-refractivity contribution in [1.29, 1.82) is 0 Å². The lowest BCUT2D eigenvalue weighted by Crippen LogP contribution is -2.19. The van der Waals surface area contributed by atoms with Crippen LogP contribution in [0, 0.1) is 20.8 Å². The van der Waals surface area contributed by atoms with Gasteiger partial charge < -0.3 is 5.32 Å². The molecule has 0 atom stereocenters. The van der Waals surface area contributed by atoms with E-state index in [1.807, 2.05) is 51.1 Å². The molecule has 3 rings (SSSR count). The summed E-state index contributed by atoms with van der Waals surface area (Å²) in [7, 11) is 0. The van der Waals surface area contributed by atoms with E-state index in [9.17, 15) is 4.79 Å². The van der Waals surface area contributed by atoms with Crippen LogP contribution >= 0.6 is 11.8 Å². The Labute approximate surface area is 132 Å². The van der Waals surface area contributed by atoms with Gasteiger partial charge in [-0.05, 0) is 56.3 Å². The molecule has 1 aliphatic rings. The number of nitrogens with zero attached hydrogens (tertiary/aromatic N) is 2. The molecule has 1 saturated heterocycles. The minimum absolute atomic E-state index is 0.128. The van der Waals surface area contributed by atoms with Gasteiger partial charge in [-0.25, -0.2) is 4.99 Å². The predicted octanol–water partition coefficient (Wildman–Crippen LogP) is 3.23. The molecule has 0 aliphatic carbocycles. The quantitative estimate of drug-likeness (QED) is 0.836. The van der Waals surface area contributed by atoms with E-state index in [4.69, 9.17) is 0 Å². The van der Waals surface area contributed by atoms with Crippen molar-refractivity contribution in [3.05, 3.63) is 51.7 Å². The average molecular weight is 312 g/mol. The maximum Gasteiger partial charge on any atom is 0.264 e. The van der Waals surface area contributed by atoms with Crippen LogP contribution in [-0.2, 0) is 4.79 Å². The zero-order chi connectivity index (χ0) is 15.7. The SMILES string of the molecule is Cc1cccc(N=C2NC(=O)C(=Cc3c(C)n[nH]c3C)S2)c1. The van der Waals surface area contributed by atoms with E-state index >= 15 is 0 Å². The van der Waals surface area contributed by atoms with Crippen LogP contribution in [0.1, 0.15) is 22.5 Å². The number of amidine groups is 1. The van der Waals surface area contributed by atoms with Gasteiger partial charge >= 0.3 is 0 Å². The van der Waals surface area contributed by atoms with E-state index < -0.39 is 0 Å². The van der Waals surface area contributed by atoms with Gasteiger partial charge in [0.2, 0.25) is 0 Å². The number of aromatic amines is 1. The molecular weight excluding hydrogens is 296 g/mol. The van der Waals surface area contributed by atoms with Gasteiger partial charge in [0, 0.05) is 11.3 Å². The zero-order valence-electron chi connectivity index (χ0n) is 12.6. The molecule has 0 saturated carbocycles. The van der Waals surface area contributed by atoms with Crippen LogP contribution in [0.4, 0.5) is 5.69 Å². The van der Waals surface area contributed by atoms with E-state index in [2.05, 4.69) is 20.5 Å². The predicted molar refractivity (Wildman–Crippen MR) is 90.0 cm³/mol. The van der Waals surface area contributed by atoms with Crippen molar-refractivity contribution < 1.29 is 4.79 Å². The van der Waals surface area contributed by atoms with Crippen molar-refractivity contribution in [1.82, 2.24) is 15.5 Å². The van der Waals surface area contributed by atoms with Crippen LogP contribution in [0.25, 0.3) is 6.08 Å². The van der Waals surface area contributed by atoms with E-state index in [1.54, 1.807) is 0 Å². The summed E-state index contributed by atoms with van der Waals surface area (Å²) in [4.78, 5) is 17.2. The first-order chi connectivity index (χ1) is 10.5. The Morgan fingerprint density at radius 3 is 2.77 bits per heavy atom. The van der Waals surface area contributed by atoms with Gasteiger partial charge in [-0.15, -0.1) is 0 Å². The normalized spacial score (nSPS) is 18.2. The van der Waals surface area contributed by atoms with E-state index in [0.717, 1.165) is 28.2 Å². The molecule has 1 aromatic carbocycles. The Balaban J connectivity index is 1.87. The number of hydrogen-bond donors (Lipinski definition) is 2. The number of nitrogens with one attached hydrogen (secondary N) is 2. The van der Waals surface area contributed by atoms with Gasteiger partial charge in [-0.3, -0.25) is 9.89 Å². The molecule has 22 heavy (non-hydrogen) atoms. The molecule has 0 radical (unpaired) electrons. The number of aryl methyl sites for hydroxylation is 3. The Morgan fingerprint density at radius 1 is 1.27 bits per heavy atom. The zero-order valence-corrected chi connectivity index (χ0v) is 13.4. The third kappa shape index (κ3) is 2.96. The first kappa shape index (κ1) is 14.6. The molecule has 0 spiro atoms. The topological polar surface area (TPSA) is 70.1 Å². The number of amides is 1. The highest BCUT2D eigenvalue weighted by Crippen LogP contribution is 2.29. The molecule has 0 unspecified atom stereocenters. The molecule has 2 aromatic rings. The Kier molecular flexibility index (Phi) is 3.85.